The number of carbonyl (C=O) groups excluding carboxylic acids is 1. The molecule has 0 unspecified atom stereocenters. The first kappa shape index (κ1) is 12.5. The molecule has 0 amide bonds. The van der Waals surface area contributed by atoms with Gasteiger partial charge in [0.05, 0.1) is 5.52 Å². The molecule has 0 aliphatic rings. The summed E-state index contributed by atoms with van der Waals surface area (Å²) in [5.74, 6) is 0.188. The molecule has 0 aliphatic carbocycles. The minimum Gasteiger partial charge on any atom is -0.300 e. The Labute approximate surface area is 118 Å². The highest BCUT2D eigenvalue weighted by atomic mass is 16.1. The zero-order chi connectivity index (χ0) is 13.9. The van der Waals surface area contributed by atoms with Crippen molar-refractivity contribution in [2.24, 2.45) is 0 Å². The molecule has 98 valence electrons. The van der Waals surface area contributed by atoms with Crippen molar-refractivity contribution >= 4 is 16.7 Å². The van der Waals surface area contributed by atoms with Crippen molar-refractivity contribution in [2.45, 2.75) is 13.3 Å². The zero-order valence-corrected chi connectivity index (χ0v) is 11.3. The van der Waals surface area contributed by atoms with E-state index in [0.29, 0.717) is 6.42 Å². The lowest BCUT2D eigenvalue weighted by atomic mass is 10.0. The predicted molar refractivity (Wildman–Crippen MR) is 81.6 cm³/mol. The maximum atomic E-state index is 11.1. The Morgan fingerprint density at radius 3 is 2.50 bits per heavy atom. The van der Waals surface area contributed by atoms with Crippen molar-refractivity contribution in [3.63, 3.8) is 0 Å². The molecule has 0 spiro atoms. The van der Waals surface area contributed by atoms with Gasteiger partial charge in [-0.05, 0) is 35.7 Å². The first-order valence-electron chi connectivity index (χ1n) is 6.66. The lowest BCUT2D eigenvalue weighted by molar-refractivity contribution is -0.116. The van der Waals surface area contributed by atoms with E-state index in [4.69, 9.17) is 0 Å². The molecular formula is C18H15NO. The molecular weight excluding hydrogens is 246 g/mol. The quantitative estimate of drug-likeness (QED) is 0.712. The Bertz CT molecular complexity index is 760. The van der Waals surface area contributed by atoms with Crippen molar-refractivity contribution in [3.8, 4) is 11.1 Å². The Hall–Kier alpha value is -2.48. The van der Waals surface area contributed by atoms with E-state index >= 15 is 0 Å². The fourth-order valence-corrected chi connectivity index (χ4v) is 2.35. The zero-order valence-electron chi connectivity index (χ0n) is 11.3. The molecule has 3 aromatic rings. The van der Waals surface area contributed by atoms with Crippen molar-refractivity contribution < 1.29 is 4.79 Å². The van der Waals surface area contributed by atoms with E-state index in [-0.39, 0.29) is 5.78 Å². The van der Waals surface area contributed by atoms with Crippen LogP contribution >= 0.6 is 0 Å². The summed E-state index contributed by atoms with van der Waals surface area (Å²) in [4.78, 5) is 15.5. The molecule has 0 atom stereocenters. The van der Waals surface area contributed by atoms with Crippen LogP contribution in [0.3, 0.4) is 0 Å². The van der Waals surface area contributed by atoms with E-state index in [1.54, 1.807) is 6.92 Å². The summed E-state index contributed by atoms with van der Waals surface area (Å²) in [5, 5.41) is 1.14. The van der Waals surface area contributed by atoms with Crippen LogP contribution in [0.5, 0.6) is 0 Å². The number of ketones is 1. The van der Waals surface area contributed by atoms with Crippen molar-refractivity contribution in [2.75, 3.05) is 0 Å². The van der Waals surface area contributed by atoms with Gasteiger partial charge in [-0.3, -0.25) is 9.78 Å². The Balaban J connectivity index is 1.96. The second-order valence-corrected chi connectivity index (χ2v) is 4.99. The monoisotopic (exact) mass is 261 g/mol. The number of rotatable bonds is 3. The lowest BCUT2D eigenvalue weighted by Crippen LogP contribution is -1.95. The van der Waals surface area contributed by atoms with Gasteiger partial charge in [0.15, 0.2) is 0 Å². The lowest BCUT2D eigenvalue weighted by Gasteiger charge is -2.05. The van der Waals surface area contributed by atoms with Crippen LogP contribution in [-0.2, 0) is 11.2 Å². The number of carbonyl (C=O) groups is 1. The maximum Gasteiger partial charge on any atom is 0.134 e. The molecule has 0 aliphatic heterocycles. The molecule has 2 aromatic carbocycles. The van der Waals surface area contributed by atoms with Crippen LogP contribution in [0.25, 0.3) is 22.0 Å². The summed E-state index contributed by atoms with van der Waals surface area (Å²) < 4.78 is 0. The summed E-state index contributed by atoms with van der Waals surface area (Å²) in [6.07, 6.45) is 2.31. The van der Waals surface area contributed by atoms with Gasteiger partial charge in [0.2, 0.25) is 0 Å². The maximum absolute atomic E-state index is 11.1. The molecule has 0 saturated heterocycles. The summed E-state index contributed by atoms with van der Waals surface area (Å²) in [5.41, 5.74) is 4.34. The van der Waals surface area contributed by atoms with Crippen LogP contribution in [0, 0.1) is 0 Å². The number of fused-ring (bicyclic) bond motifs is 1. The molecule has 0 N–H and O–H groups in total. The van der Waals surface area contributed by atoms with Crippen LogP contribution in [0.15, 0.2) is 60.8 Å². The average Bonchev–Trinajstić information content (AvgIpc) is 2.47. The highest BCUT2D eigenvalue weighted by molar-refractivity contribution is 5.84. The number of hydrogen-bond donors (Lipinski definition) is 0. The van der Waals surface area contributed by atoms with Gasteiger partial charge in [0.25, 0.3) is 0 Å². The van der Waals surface area contributed by atoms with Crippen LogP contribution in [0.4, 0.5) is 0 Å². The molecule has 2 nitrogen and oxygen atoms in total. The minimum atomic E-state index is 0.188. The van der Waals surface area contributed by atoms with Gasteiger partial charge in [-0.15, -0.1) is 0 Å². The van der Waals surface area contributed by atoms with E-state index in [1.165, 1.54) is 0 Å². The fourth-order valence-electron chi connectivity index (χ4n) is 2.35. The van der Waals surface area contributed by atoms with Crippen LogP contribution < -0.4 is 0 Å². The average molecular weight is 261 g/mol. The first-order chi connectivity index (χ1) is 9.72. The van der Waals surface area contributed by atoms with Gasteiger partial charge in [-0.1, -0.05) is 42.5 Å². The van der Waals surface area contributed by atoms with Crippen LogP contribution in [-0.4, -0.2) is 10.8 Å². The number of benzene rings is 2. The molecule has 0 fully saturated rings. The van der Waals surface area contributed by atoms with Crippen molar-refractivity contribution in [3.05, 3.63) is 66.4 Å². The first-order valence-corrected chi connectivity index (χ1v) is 6.66. The fraction of sp³-hybridized carbons (Fsp3) is 0.111. The summed E-state index contributed by atoms with van der Waals surface area (Å²) >= 11 is 0. The van der Waals surface area contributed by atoms with Crippen molar-refractivity contribution in [1.82, 2.24) is 4.98 Å². The summed E-state index contributed by atoms with van der Waals surface area (Å²) in [6.45, 7) is 1.61. The molecule has 1 heterocycles. The predicted octanol–water partition coefficient (Wildman–Crippen LogP) is 4.03. The summed E-state index contributed by atoms with van der Waals surface area (Å²) in [6, 6.07) is 18.4. The van der Waals surface area contributed by atoms with E-state index in [2.05, 4.69) is 41.4 Å². The highest BCUT2D eigenvalue weighted by Gasteiger charge is 2.02. The normalized spacial score (nSPS) is 10.7. The van der Waals surface area contributed by atoms with E-state index in [9.17, 15) is 4.79 Å². The molecule has 1 aromatic heterocycles. The van der Waals surface area contributed by atoms with Gasteiger partial charge in [-0.25, -0.2) is 0 Å². The van der Waals surface area contributed by atoms with Gasteiger partial charge in [-0.2, -0.15) is 0 Å². The highest BCUT2D eigenvalue weighted by Crippen LogP contribution is 2.23. The third kappa shape index (κ3) is 2.59. The summed E-state index contributed by atoms with van der Waals surface area (Å²) in [7, 11) is 0. The number of hydrogen-bond acceptors (Lipinski definition) is 2. The minimum absolute atomic E-state index is 0.188. The van der Waals surface area contributed by atoms with Gasteiger partial charge in [0.1, 0.15) is 5.78 Å². The molecule has 0 bridgehead atoms. The van der Waals surface area contributed by atoms with Gasteiger partial charge in [0, 0.05) is 18.0 Å². The van der Waals surface area contributed by atoms with Gasteiger partial charge >= 0.3 is 0 Å². The number of Topliss-reactive ketones (excluding diaryl/α,β-unsaturated/α-hetero) is 1. The SMILES string of the molecule is CC(=O)Cc1ccc(-c2ccc3cccnc3c2)cc1. The van der Waals surface area contributed by atoms with E-state index in [1.807, 2.05) is 24.4 Å². The Morgan fingerprint density at radius 2 is 1.75 bits per heavy atom. The molecule has 3 rings (SSSR count). The van der Waals surface area contributed by atoms with Crippen molar-refractivity contribution in [1.29, 1.82) is 0 Å². The molecule has 2 heteroatoms. The third-order valence-corrected chi connectivity index (χ3v) is 3.35. The number of nitrogens with zero attached hydrogens (tertiary/aromatic N) is 1. The second kappa shape index (κ2) is 5.25. The largest absolute Gasteiger partial charge is 0.300 e. The third-order valence-electron chi connectivity index (χ3n) is 3.35. The topological polar surface area (TPSA) is 30.0 Å². The number of aromatic nitrogens is 1. The van der Waals surface area contributed by atoms with E-state index < -0.39 is 0 Å². The van der Waals surface area contributed by atoms with Gasteiger partial charge < -0.3 is 0 Å². The number of pyridine rings is 1. The standard InChI is InChI=1S/C18H15NO/c1-13(20)11-14-4-6-15(7-5-14)17-9-8-16-3-2-10-19-18(16)12-17/h2-10,12H,11H2,1H3. The van der Waals surface area contributed by atoms with Crippen LogP contribution in [0.1, 0.15) is 12.5 Å². The van der Waals surface area contributed by atoms with Crippen LogP contribution in [0.2, 0.25) is 0 Å². The Morgan fingerprint density at radius 1 is 1.00 bits per heavy atom. The smallest absolute Gasteiger partial charge is 0.134 e. The second-order valence-electron chi connectivity index (χ2n) is 4.99. The van der Waals surface area contributed by atoms with E-state index in [0.717, 1.165) is 27.6 Å². The molecule has 0 radical (unpaired) electrons. The Kier molecular flexibility index (Phi) is 3.30. The molecule has 0 saturated carbocycles. The molecule has 20 heavy (non-hydrogen) atoms.